The van der Waals surface area contributed by atoms with Crippen LogP contribution < -0.4 is 11.1 Å². The summed E-state index contributed by atoms with van der Waals surface area (Å²) >= 11 is 1.54. The first-order chi connectivity index (χ1) is 11.0. The fourth-order valence-electron chi connectivity index (χ4n) is 1.80. The van der Waals surface area contributed by atoms with Gasteiger partial charge >= 0.3 is 5.97 Å². The highest BCUT2D eigenvalue weighted by molar-refractivity contribution is 7.98. The fraction of sp³-hybridized carbons (Fsp3) is 0.500. The number of hydrogen-bond donors (Lipinski definition) is 3. The van der Waals surface area contributed by atoms with Crippen LogP contribution >= 0.6 is 11.8 Å². The van der Waals surface area contributed by atoms with Crippen LogP contribution in [0.5, 0.6) is 0 Å². The number of amides is 1. The van der Waals surface area contributed by atoms with Gasteiger partial charge in [-0.3, -0.25) is 4.79 Å². The molecule has 0 aliphatic heterocycles. The molecule has 3 atom stereocenters. The van der Waals surface area contributed by atoms with Crippen LogP contribution in [0.2, 0.25) is 0 Å². The molecule has 0 saturated heterocycles. The summed E-state index contributed by atoms with van der Waals surface area (Å²) in [6, 6.07) is 8.33. The summed E-state index contributed by atoms with van der Waals surface area (Å²) in [6.07, 6.45) is -1.37. The van der Waals surface area contributed by atoms with Gasteiger partial charge in [-0.05, 0) is 19.4 Å². The number of benzene rings is 1. The van der Waals surface area contributed by atoms with Crippen molar-refractivity contribution >= 4 is 23.6 Å². The van der Waals surface area contributed by atoms with E-state index >= 15 is 0 Å². The highest BCUT2D eigenvalue weighted by Crippen LogP contribution is 2.13. The Labute approximate surface area is 140 Å². The van der Waals surface area contributed by atoms with Gasteiger partial charge in [0.1, 0.15) is 12.1 Å². The van der Waals surface area contributed by atoms with E-state index in [0.29, 0.717) is 5.75 Å². The van der Waals surface area contributed by atoms with Crippen molar-refractivity contribution in [3.8, 4) is 0 Å². The van der Waals surface area contributed by atoms with Crippen LogP contribution in [0.15, 0.2) is 30.3 Å². The van der Waals surface area contributed by atoms with E-state index in [1.54, 1.807) is 6.92 Å². The van der Waals surface area contributed by atoms with E-state index in [0.717, 1.165) is 11.3 Å². The van der Waals surface area contributed by atoms with Gasteiger partial charge in [0, 0.05) is 17.5 Å². The van der Waals surface area contributed by atoms with Crippen molar-refractivity contribution < 1.29 is 19.4 Å². The van der Waals surface area contributed by atoms with Crippen molar-refractivity contribution in [3.05, 3.63) is 35.9 Å². The Kier molecular flexibility index (Phi) is 8.68. The molecule has 0 radical (unpaired) electrons. The minimum atomic E-state index is -1.37. The molecular weight excluding hydrogens is 316 g/mol. The van der Waals surface area contributed by atoms with Crippen molar-refractivity contribution in [1.82, 2.24) is 5.32 Å². The van der Waals surface area contributed by atoms with Gasteiger partial charge in [-0.2, -0.15) is 11.8 Å². The molecule has 0 aromatic heterocycles. The summed E-state index contributed by atoms with van der Waals surface area (Å²) in [5.74, 6) is -0.0298. The Morgan fingerprint density at radius 3 is 2.61 bits per heavy atom. The van der Waals surface area contributed by atoms with Crippen LogP contribution in [0.3, 0.4) is 0 Å². The first kappa shape index (κ1) is 19.5. The fourth-order valence-corrected chi connectivity index (χ4v) is 2.80. The first-order valence-electron chi connectivity index (χ1n) is 7.48. The molecule has 7 heteroatoms. The number of carbonyl (C=O) groups excluding carboxylic acids is 2. The molecule has 0 spiro atoms. The van der Waals surface area contributed by atoms with E-state index in [1.807, 2.05) is 30.3 Å². The number of aliphatic hydroxyl groups is 1. The molecule has 0 aliphatic rings. The Morgan fingerprint density at radius 1 is 1.35 bits per heavy atom. The predicted octanol–water partition coefficient (Wildman–Crippen LogP) is 0.676. The number of hydrogen-bond acceptors (Lipinski definition) is 6. The molecule has 0 fully saturated rings. The van der Waals surface area contributed by atoms with Crippen molar-refractivity contribution in [2.75, 3.05) is 12.4 Å². The number of aliphatic hydroxyl groups excluding tert-OH is 1. The lowest BCUT2D eigenvalue weighted by atomic mass is 10.2. The summed E-state index contributed by atoms with van der Waals surface area (Å²) in [5, 5.41) is 12.3. The zero-order valence-electron chi connectivity index (χ0n) is 13.4. The van der Waals surface area contributed by atoms with Crippen LogP contribution in [0.1, 0.15) is 19.4 Å². The molecule has 1 aromatic carbocycles. The molecule has 0 bridgehead atoms. The minimum Gasteiger partial charge on any atom is -0.464 e. The Morgan fingerprint density at radius 2 is 2.00 bits per heavy atom. The second-order valence-corrected chi connectivity index (χ2v) is 6.12. The summed E-state index contributed by atoms with van der Waals surface area (Å²) in [6.45, 7) is 3.41. The molecule has 0 saturated carbocycles. The molecule has 1 rings (SSSR count). The third-order valence-electron chi connectivity index (χ3n) is 3.09. The lowest BCUT2D eigenvalue weighted by Gasteiger charge is -2.20. The number of carbonyl (C=O) groups is 2. The number of nitrogens with one attached hydrogen (secondary N) is 1. The van der Waals surface area contributed by atoms with Crippen LogP contribution in [0.25, 0.3) is 0 Å². The van der Waals surface area contributed by atoms with E-state index in [9.17, 15) is 14.7 Å². The van der Waals surface area contributed by atoms with E-state index in [4.69, 9.17) is 10.5 Å². The summed E-state index contributed by atoms with van der Waals surface area (Å²) in [4.78, 5) is 23.3. The van der Waals surface area contributed by atoms with Crippen LogP contribution in [-0.2, 0) is 20.1 Å². The van der Waals surface area contributed by atoms with Gasteiger partial charge in [0.25, 0.3) is 5.91 Å². The number of ether oxygens (including phenoxy) is 1. The highest BCUT2D eigenvalue weighted by atomic mass is 32.2. The maximum Gasteiger partial charge on any atom is 0.328 e. The van der Waals surface area contributed by atoms with E-state index in [2.05, 4.69) is 5.32 Å². The Bertz CT molecular complexity index is 498. The molecule has 6 nitrogen and oxygen atoms in total. The second kappa shape index (κ2) is 10.3. The molecule has 128 valence electrons. The van der Waals surface area contributed by atoms with Crippen LogP contribution in [0, 0.1) is 0 Å². The molecular formula is C16H24N2O4S. The quantitative estimate of drug-likeness (QED) is 0.571. The lowest BCUT2D eigenvalue weighted by Crippen LogP contribution is -2.51. The predicted molar refractivity (Wildman–Crippen MR) is 90.8 cm³/mol. The van der Waals surface area contributed by atoms with E-state index in [-0.39, 0.29) is 6.61 Å². The van der Waals surface area contributed by atoms with Gasteiger partial charge < -0.3 is 20.9 Å². The zero-order chi connectivity index (χ0) is 17.2. The number of esters is 1. The van der Waals surface area contributed by atoms with Crippen molar-refractivity contribution in [2.24, 2.45) is 5.73 Å². The Balaban J connectivity index is 2.35. The SMILES string of the molecule is CCOC(=O)[C@H](C)NC(=O)C(O)[C@@H](N)CSCc1ccccc1. The van der Waals surface area contributed by atoms with Gasteiger partial charge in [0.15, 0.2) is 0 Å². The number of thioether (sulfide) groups is 1. The molecule has 1 unspecified atom stereocenters. The van der Waals surface area contributed by atoms with Gasteiger partial charge in [0.2, 0.25) is 0 Å². The molecule has 0 heterocycles. The average molecular weight is 340 g/mol. The average Bonchev–Trinajstić information content (AvgIpc) is 2.55. The monoisotopic (exact) mass is 340 g/mol. The van der Waals surface area contributed by atoms with Gasteiger partial charge in [-0.25, -0.2) is 4.79 Å². The highest BCUT2D eigenvalue weighted by Gasteiger charge is 2.26. The molecule has 0 aliphatic carbocycles. The minimum absolute atomic E-state index is 0.233. The number of rotatable bonds is 9. The largest absolute Gasteiger partial charge is 0.464 e. The second-order valence-electron chi connectivity index (χ2n) is 5.09. The smallest absolute Gasteiger partial charge is 0.328 e. The third kappa shape index (κ3) is 7.02. The van der Waals surface area contributed by atoms with Gasteiger partial charge in [-0.15, -0.1) is 0 Å². The van der Waals surface area contributed by atoms with Crippen molar-refractivity contribution in [1.29, 1.82) is 0 Å². The molecule has 4 N–H and O–H groups in total. The van der Waals surface area contributed by atoms with E-state index in [1.165, 1.54) is 18.7 Å². The lowest BCUT2D eigenvalue weighted by molar-refractivity contribution is -0.148. The van der Waals surface area contributed by atoms with Crippen molar-refractivity contribution in [2.45, 2.75) is 37.8 Å². The summed E-state index contributed by atoms with van der Waals surface area (Å²) in [7, 11) is 0. The third-order valence-corrected chi connectivity index (χ3v) is 4.25. The summed E-state index contributed by atoms with van der Waals surface area (Å²) in [5.41, 5.74) is 7.00. The van der Waals surface area contributed by atoms with Gasteiger partial charge in [0.05, 0.1) is 6.61 Å². The first-order valence-corrected chi connectivity index (χ1v) is 8.63. The molecule has 23 heavy (non-hydrogen) atoms. The maximum atomic E-state index is 11.9. The Hall–Kier alpha value is -1.57. The van der Waals surface area contributed by atoms with Gasteiger partial charge in [-0.1, -0.05) is 30.3 Å². The standard InChI is InChI=1S/C16H24N2O4S/c1-3-22-16(21)11(2)18-15(20)14(19)13(17)10-23-9-12-7-5-4-6-8-12/h4-8,11,13-14,19H,3,9-10,17H2,1-2H3,(H,18,20)/t11-,13-,14?/m0/s1. The summed E-state index contributed by atoms with van der Waals surface area (Å²) < 4.78 is 4.79. The normalized spacial score (nSPS) is 14.6. The van der Waals surface area contributed by atoms with Crippen molar-refractivity contribution in [3.63, 3.8) is 0 Å². The number of nitrogens with two attached hydrogens (primary N) is 1. The molecule has 1 aromatic rings. The maximum absolute atomic E-state index is 11.9. The van der Waals surface area contributed by atoms with E-state index < -0.39 is 30.1 Å². The van der Waals surface area contributed by atoms with Crippen LogP contribution in [-0.4, -0.2) is 47.5 Å². The molecule has 1 amide bonds. The topological polar surface area (TPSA) is 102 Å². The zero-order valence-corrected chi connectivity index (χ0v) is 14.2. The van der Waals surface area contributed by atoms with Crippen LogP contribution in [0.4, 0.5) is 0 Å².